The summed E-state index contributed by atoms with van der Waals surface area (Å²) in [6, 6.07) is 0. The van der Waals surface area contributed by atoms with Crippen LogP contribution in [0.1, 0.15) is 0 Å². The second-order valence-electron chi connectivity index (χ2n) is 2.72. The van der Waals surface area contributed by atoms with Gasteiger partial charge in [0.2, 0.25) is 0 Å². The summed E-state index contributed by atoms with van der Waals surface area (Å²) in [6.45, 7) is -0.596. The summed E-state index contributed by atoms with van der Waals surface area (Å²) < 4.78 is 4.58. The van der Waals surface area contributed by atoms with Gasteiger partial charge in [-0.1, -0.05) is 0 Å². The van der Waals surface area contributed by atoms with Gasteiger partial charge in [-0.2, -0.15) is 0 Å². The number of aliphatic hydroxyl groups is 5. The number of ether oxygens (including phenoxy) is 1. The lowest BCUT2D eigenvalue weighted by Gasteiger charge is -2.18. The molecule has 12 heavy (non-hydrogen) atoms. The molecule has 5 N–H and O–H groups in total. The van der Waals surface area contributed by atoms with Gasteiger partial charge in [-0.05, 0) is 0 Å². The highest BCUT2D eigenvalue weighted by atomic mass is 16.6. The van der Waals surface area contributed by atoms with Gasteiger partial charge >= 0.3 is 0 Å². The summed E-state index contributed by atoms with van der Waals surface area (Å²) >= 11 is 0. The van der Waals surface area contributed by atoms with Crippen LogP contribution in [0.4, 0.5) is 0 Å². The van der Waals surface area contributed by atoms with Gasteiger partial charge in [0.05, 0.1) is 6.61 Å². The Morgan fingerprint density at radius 2 is 1.75 bits per heavy atom. The molecule has 1 unspecified atom stereocenters. The topological polar surface area (TPSA) is 110 Å². The molecular formula is C6H12O6. The molecule has 6 heteroatoms. The third kappa shape index (κ3) is 1.58. The van der Waals surface area contributed by atoms with Crippen molar-refractivity contribution in [2.24, 2.45) is 0 Å². The average molecular weight is 180 g/mol. The van der Waals surface area contributed by atoms with E-state index in [-0.39, 0.29) is 0 Å². The highest BCUT2D eigenvalue weighted by molar-refractivity contribution is 4.89. The lowest BCUT2D eigenvalue weighted by atomic mass is 10.1. The van der Waals surface area contributed by atoms with Crippen molar-refractivity contribution in [3.05, 3.63) is 0 Å². The standard InChI is InChI=1S/C6H12O6/c7-1-2(8)5-3(9)4(10)6(11)12-5/h2-11H,1H2/t2-,3+,4+,5-,6?/m0/s1. The highest BCUT2D eigenvalue weighted by Crippen LogP contribution is 2.21. The van der Waals surface area contributed by atoms with E-state index in [0.29, 0.717) is 0 Å². The Morgan fingerprint density at radius 3 is 2.08 bits per heavy atom. The van der Waals surface area contributed by atoms with Crippen LogP contribution in [-0.4, -0.2) is 62.8 Å². The zero-order valence-corrected chi connectivity index (χ0v) is 6.24. The lowest BCUT2D eigenvalue weighted by molar-refractivity contribution is -0.150. The molecule has 1 saturated heterocycles. The van der Waals surface area contributed by atoms with Crippen LogP contribution in [0.15, 0.2) is 0 Å². The zero-order chi connectivity index (χ0) is 9.30. The van der Waals surface area contributed by atoms with Crippen molar-refractivity contribution in [2.45, 2.75) is 30.7 Å². The van der Waals surface area contributed by atoms with Crippen molar-refractivity contribution >= 4 is 0 Å². The highest BCUT2D eigenvalue weighted by Gasteiger charge is 2.44. The maximum absolute atomic E-state index is 9.12. The minimum atomic E-state index is -1.51. The minimum absolute atomic E-state index is 0.596. The molecule has 1 fully saturated rings. The van der Waals surface area contributed by atoms with E-state index in [9.17, 15) is 0 Å². The first-order valence-electron chi connectivity index (χ1n) is 3.56. The molecule has 0 aromatic heterocycles. The lowest BCUT2D eigenvalue weighted by Crippen LogP contribution is -2.40. The third-order valence-corrected chi connectivity index (χ3v) is 1.84. The monoisotopic (exact) mass is 180 g/mol. The Balaban J connectivity index is 2.58. The Labute approximate surface area is 68.6 Å². The van der Waals surface area contributed by atoms with Crippen molar-refractivity contribution in [3.63, 3.8) is 0 Å². The maximum Gasteiger partial charge on any atom is 0.184 e. The van der Waals surface area contributed by atoms with Gasteiger partial charge in [0.25, 0.3) is 0 Å². The quantitative estimate of drug-likeness (QED) is 0.306. The molecule has 1 aliphatic rings. The molecule has 6 nitrogen and oxygen atoms in total. The first kappa shape index (κ1) is 9.85. The van der Waals surface area contributed by atoms with E-state index in [4.69, 9.17) is 25.5 Å². The largest absolute Gasteiger partial charge is 0.394 e. The van der Waals surface area contributed by atoms with E-state index in [0.717, 1.165) is 0 Å². The second-order valence-corrected chi connectivity index (χ2v) is 2.72. The molecule has 0 aromatic carbocycles. The second kappa shape index (κ2) is 3.65. The number of aliphatic hydroxyl groups excluding tert-OH is 5. The van der Waals surface area contributed by atoms with Crippen LogP contribution in [-0.2, 0) is 4.74 Å². The normalized spacial score (nSPS) is 44.8. The fraction of sp³-hybridized carbons (Fsp3) is 1.00. The number of hydrogen-bond donors (Lipinski definition) is 5. The number of hydrogen-bond acceptors (Lipinski definition) is 6. The molecule has 72 valence electrons. The summed E-state index contributed by atoms with van der Waals surface area (Å²) in [5, 5.41) is 44.4. The maximum atomic E-state index is 9.12. The Hall–Kier alpha value is -0.240. The van der Waals surface area contributed by atoms with E-state index in [1.165, 1.54) is 0 Å². The van der Waals surface area contributed by atoms with Crippen LogP contribution in [0.25, 0.3) is 0 Å². The molecule has 0 saturated carbocycles. The molecule has 1 rings (SSSR count). The summed E-state index contributed by atoms with van der Waals surface area (Å²) in [5.74, 6) is 0. The van der Waals surface area contributed by atoms with Gasteiger partial charge < -0.3 is 30.3 Å². The predicted molar refractivity (Wildman–Crippen MR) is 36.0 cm³/mol. The summed E-state index contributed by atoms with van der Waals surface area (Å²) in [5.41, 5.74) is 0. The van der Waals surface area contributed by atoms with Crippen LogP contribution in [0.2, 0.25) is 0 Å². The van der Waals surface area contributed by atoms with E-state index in [1.54, 1.807) is 0 Å². The molecule has 5 atom stereocenters. The van der Waals surface area contributed by atoms with Gasteiger partial charge in [-0.15, -0.1) is 0 Å². The van der Waals surface area contributed by atoms with Crippen molar-refractivity contribution < 1.29 is 30.3 Å². The molecule has 0 spiro atoms. The molecule has 0 radical (unpaired) electrons. The fourth-order valence-electron chi connectivity index (χ4n) is 1.11. The first-order valence-corrected chi connectivity index (χ1v) is 3.56. The van der Waals surface area contributed by atoms with Crippen molar-refractivity contribution in [2.75, 3.05) is 6.61 Å². The summed E-state index contributed by atoms with van der Waals surface area (Å²) in [4.78, 5) is 0. The number of rotatable bonds is 2. The van der Waals surface area contributed by atoms with Gasteiger partial charge in [0.15, 0.2) is 6.29 Å². The Morgan fingerprint density at radius 1 is 1.17 bits per heavy atom. The molecular weight excluding hydrogens is 168 g/mol. The molecule has 0 amide bonds. The van der Waals surface area contributed by atoms with E-state index in [2.05, 4.69) is 4.74 Å². The fourth-order valence-corrected chi connectivity index (χ4v) is 1.11. The average Bonchev–Trinajstić information content (AvgIpc) is 2.32. The van der Waals surface area contributed by atoms with Gasteiger partial charge in [0, 0.05) is 0 Å². The summed E-state index contributed by atoms with van der Waals surface area (Å²) in [7, 11) is 0. The van der Waals surface area contributed by atoms with E-state index in [1.807, 2.05) is 0 Å². The van der Waals surface area contributed by atoms with Crippen molar-refractivity contribution in [3.8, 4) is 0 Å². The Kier molecular flexibility index (Phi) is 2.99. The molecule has 0 aromatic rings. The van der Waals surface area contributed by atoms with Crippen LogP contribution in [0.3, 0.4) is 0 Å². The van der Waals surface area contributed by atoms with Gasteiger partial charge in [0.1, 0.15) is 24.4 Å². The third-order valence-electron chi connectivity index (χ3n) is 1.84. The molecule has 0 aliphatic carbocycles. The van der Waals surface area contributed by atoms with Crippen LogP contribution >= 0.6 is 0 Å². The van der Waals surface area contributed by atoms with E-state index >= 15 is 0 Å². The molecule has 1 aliphatic heterocycles. The first-order chi connectivity index (χ1) is 5.57. The van der Waals surface area contributed by atoms with Crippen LogP contribution in [0, 0.1) is 0 Å². The summed E-state index contributed by atoms with van der Waals surface area (Å²) in [6.07, 6.45) is -6.75. The molecule has 0 bridgehead atoms. The minimum Gasteiger partial charge on any atom is -0.394 e. The predicted octanol–water partition coefficient (Wildman–Crippen LogP) is -3.22. The SMILES string of the molecule is OC[C@H](O)[C@@H]1OC(O)[C@H](O)[C@H]1O. The van der Waals surface area contributed by atoms with E-state index < -0.39 is 37.3 Å². The van der Waals surface area contributed by atoms with Gasteiger partial charge in [-0.3, -0.25) is 0 Å². The zero-order valence-electron chi connectivity index (χ0n) is 6.24. The van der Waals surface area contributed by atoms with Crippen molar-refractivity contribution in [1.29, 1.82) is 0 Å². The van der Waals surface area contributed by atoms with Crippen LogP contribution < -0.4 is 0 Å². The van der Waals surface area contributed by atoms with Crippen LogP contribution in [0.5, 0.6) is 0 Å². The van der Waals surface area contributed by atoms with Crippen molar-refractivity contribution in [1.82, 2.24) is 0 Å². The Bertz CT molecular complexity index is 151. The smallest absolute Gasteiger partial charge is 0.184 e. The molecule has 1 heterocycles. The van der Waals surface area contributed by atoms with Gasteiger partial charge in [-0.25, -0.2) is 0 Å².